The highest BCUT2D eigenvalue weighted by atomic mass is 14.7. The van der Waals surface area contributed by atoms with Gasteiger partial charge < -0.3 is 0 Å². The van der Waals surface area contributed by atoms with E-state index in [-0.39, 0.29) is 0 Å². The Morgan fingerprint density at radius 3 is 1.37 bits per heavy atom. The standard InChI is InChI=1S/C49H35N.C7H8.C2H6/c1-32-11-3-10-18-47(32)50-33(2)34-19-21-37(22-20-34)40-27-28-45-46(31-40)49(42-26-24-36-13-5-7-15-39(36)30-42)44-17-9-8-16-43(44)48(45)41-25-23-35-12-4-6-14-38(35)29-41;1-7-5-3-2-4-6-7;1-2/h3-31H,1-2H3;2-6H,1H3;1-2H3. The molecule has 286 valence electrons. The molecule has 0 N–H and O–H groups in total. The molecule has 0 heterocycles. The van der Waals surface area contributed by atoms with Gasteiger partial charge in [0.1, 0.15) is 0 Å². The second kappa shape index (κ2) is 17.6. The van der Waals surface area contributed by atoms with Crippen LogP contribution in [0.1, 0.15) is 37.5 Å². The van der Waals surface area contributed by atoms with Gasteiger partial charge in [-0.2, -0.15) is 0 Å². The highest BCUT2D eigenvalue weighted by molar-refractivity contribution is 6.22. The van der Waals surface area contributed by atoms with Crippen molar-refractivity contribution in [2.75, 3.05) is 0 Å². The van der Waals surface area contributed by atoms with E-state index in [4.69, 9.17) is 4.99 Å². The third-order valence-corrected chi connectivity index (χ3v) is 11.1. The summed E-state index contributed by atoms with van der Waals surface area (Å²) in [6.45, 7) is 10.3. The van der Waals surface area contributed by atoms with Crippen LogP contribution in [0.3, 0.4) is 0 Å². The summed E-state index contributed by atoms with van der Waals surface area (Å²) in [4.78, 5) is 4.94. The molecule has 10 rings (SSSR count). The van der Waals surface area contributed by atoms with Gasteiger partial charge in [-0.15, -0.1) is 0 Å². The molecule has 0 radical (unpaired) electrons. The van der Waals surface area contributed by atoms with Crippen molar-refractivity contribution in [2.45, 2.75) is 34.6 Å². The Balaban J connectivity index is 0.000000484. The Kier molecular flexibility index (Phi) is 11.6. The maximum Gasteiger partial charge on any atom is 0.0662 e. The van der Waals surface area contributed by atoms with Gasteiger partial charge in [0.2, 0.25) is 0 Å². The van der Waals surface area contributed by atoms with Gasteiger partial charge >= 0.3 is 0 Å². The molecule has 0 amide bonds. The maximum atomic E-state index is 4.94. The van der Waals surface area contributed by atoms with Gasteiger partial charge in [-0.1, -0.05) is 201 Å². The summed E-state index contributed by atoms with van der Waals surface area (Å²) in [6.07, 6.45) is 0. The van der Waals surface area contributed by atoms with Crippen LogP contribution in [-0.4, -0.2) is 5.71 Å². The van der Waals surface area contributed by atoms with Crippen LogP contribution in [0.2, 0.25) is 0 Å². The van der Waals surface area contributed by atoms with Crippen LogP contribution >= 0.6 is 0 Å². The fourth-order valence-electron chi connectivity index (χ4n) is 8.04. The van der Waals surface area contributed by atoms with Crippen molar-refractivity contribution in [3.63, 3.8) is 0 Å². The number of aliphatic imine (C=N–C) groups is 1. The minimum absolute atomic E-state index is 1.01. The summed E-state index contributed by atoms with van der Waals surface area (Å²) >= 11 is 0. The lowest BCUT2D eigenvalue weighted by molar-refractivity contribution is 1.38. The minimum atomic E-state index is 1.01. The number of nitrogens with zero attached hydrogens (tertiary/aromatic N) is 1. The number of para-hydroxylation sites is 1. The average Bonchev–Trinajstić information content (AvgIpc) is 3.29. The van der Waals surface area contributed by atoms with Gasteiger partial charge in [-0.05, 0) is 133 Å². The monoisotopic (exact) mass is 759 g/mol. The molecule has 10 aromatic carbocycles. The SMILES string of the molecule is CC.CC(=Nc1ccccc1C)c1ccc(-c2ccc3c(-c4ccc5ccccc5c4)c4ccccc4c(-c4ccc5ccccc5c4)c3c2)cc1.Cc1ccccc1. The molecule has 0 aromatic heterocycles. The molecule has 0 aliphatic carbocycles. The van der Waals surface area contributed by atoms with E-state index in [9.17, 15) is 0 Å². The number of benzene rings is 10. The maximum absolute atomic E-state index is 4.94. The van der Waals surface area contributed by atoms with Gasteiger partial charge in [0, 0.05) is 5.71 Å². The molecule has 0 aliphatic heterocycles. The first-order valence-electron chi connectivity index (χ1n) is 20.7. The van der Waals surface area contributed by atoms with E-state index in [1.165, 1.54) is 87.6 Å². The molecule has 10 aromatic rings. The van der Waals surface area contributed by atoms with Gasteiger partial charge in [-0.25, -0.2) is 0 Å². The summed E-state index contributed by atoms with van der Waals surface area (Å²) in [7, 11) is 0. The predicted molar refractivity (Wildman–Crippen MR) is 258 cm³/mol. The minimum Gasteiger partial charge on any atom is -0.253 e. The smallest absolute Gasteiger partial charge is 0.0662 e. The van der Waals surface area contributed by atoms with Gasteiger partial charge in [0.25, 0.3) is 0 Å². The van der Waals surface area contributed by atoms with Crippen molar-refractivity contribution in [1.82, 2.24) is 0 Å². The van der Waals surface area contributed by atoms with Crippen LogP contribution in [0.5, 0.6) is 0 Å². The number of aryl methyl sites for hydroxylation is 2. The number of fused-ring (bicyclic) bond motifs is 4. The summed E-state index contributed by atoms with van der Waals surface area (Å²) in [5.74, 6) is 0. The molecule has 0 atom stereocenters. The lowest BCUT2D eigenvalue weighted by Gasteiger charge is -2.19. The van der Waals surface area contributed by atoms with Gasteiger partial charge in [-0.3, -0.25) is 4.99 Å². The molecule has 59 heavy (non-hydrogen) atoms. The molecule has 0 bridgehead atoms. The zero-order valence-electron chi connectivity index (χ0n) is 34.6. The van der Waals surface area contributed by atoms with Crippen LogP contribution in [0.15, 0.2) is 211 Å². The molecule has 1 heteroatoms. The lowest BCUT2D eigenvalue weighted by Crippen LogP contribution is -1.94. The predicted octanol–water partition coefficient (Wildman–Crippen LogP) is 16.8. The first-order chi connectivity index (χ1) is 29.0. The van der Waals surface area contributed by atoms with E-state index in [0.29, 0.717) is 0 Å². The van der Waals surface area contributed by atoms with Gasteiger partial charge in [0.05, 0.1) is 5.69 Å². The topological polar surface area (TPSA) is 12.4 Å². The van der Waals surface area contributed by atoms with Crippen molar-refractivity contribution >= 4 is 54.5 Å². The Bertz CT molecular complexity index is 3080. The Morgan fingerprint density at radius 2 is 0.814 bits per heavy atom. The van der Waals surface area contributed by atoms with Crippen molar-refractivity contribution in [3.8, 4) is 33.4 Å². The first kappa shape index (κ1) is 38.8. The van der Waals surface area contributed by atoms with E-state index >= 15 is 0 Å². The summed E-state index contributed by atoms with van der Waals surface area (Å²) in [5.41, 5.74) is 13.0. The highest BCUT2D eigenvalue weighted by Gasteiger charge is 2.18. The van der Waals surface area contributed by atoms with E-state index in [1.807, 2.05) is 38.1 Å². The van der Waals surface area contributed by atoms with Crippen LogP contribution in [0.4, 0.5) is 5.69 Å². The quantitative estimate of drug-likeness (QED) is 0.122. The van der Waals surface area contributed by atoms with Crippen LogP contribution in [0, 0.1) is 13.8 Å². The van der Waals surface area contributed by atoms with Crippen molar-refractivity contribution < 1.29 is 0 Å². The van der Waals surface area contributed by atoms with Crippen molar-refractivity contribution in [2.24, 2.45) is 4.99 Å². The molecular formula is C58H49N. The second-order valence-electron chi connectivity index (χ2n) is 14.9. The largest absolute Gasteiger partial charge is 0.253 e. The van der Waals surface area contributed by atoms with Crippen molar-refractivity contribution in [1.29, 1.82) is 0 Å². The molecule has 0 aliphatic rings. The Morgan fingerprint density at radius 1 is 0.356 bits per heavy atom. The molecule has 0 unspecified atom stereocenters. The third kappa shape index (κ3) is 8.19. The zero-order valence-corrected chi connectivity index (χ0v) is 34.6. The number of hydrogen-bond donors (Lipinski definition) is 0. The molecule has 0 fully saturated rings. The summed E-state index contributed by atoms with van der Waals surface area (Å²) in [6, 6.07) is 74.4. The molecule has 0 saturated heterocycles. The third-order valence-electron chi connectivity index (χ3n) is 11.1. The number of rotatable bonds is 5. The summed E-state index contributed by atoms with van der Waals surface area (Å²) < 4.78 is 0. The van der Waals surface area contributed by atoms with Crippen LogP contribution < -0.4 is 0 Å². The van der Waals surface area contributed by atoms with E-state index < -0.39 is 0 Å². The van der Waals surface area contributed by atoms with E-state index in [0.717, 1.165) is 17.0 Å². The molecule has 1 nitrogen and oxygen atoms in total. The Hall–Kier alpha value is -7.09. The molecular weight excluding hydrogens is 711 g/mol. The lowest BCUT2D eigenvalue weighted by atomic mass is 9.84. The fraction of sp³-hybridized carbons (Fsp3) is 0.0862. The van der Waals surface area contributed by atoms with Crippen LogP contribution in [-0.2, 0) is 0 Å². The van der Waals surface area contributed by atoms with E-state index in [1.54, 1.807) is 0 Å². The Labute approximate surface area is 349 Å². The second-order valence-corrected chi connectivity index (χ2v) is 14.9. The highest BCUT2D eigenvalue weighted by Crippen LogP contribution is 2.45. The zero-order chi connectivity index (χ0) is 40.7. The normalized spacial score (nSPS) is 11.2. The average molecular weight is 760 g/mol. The van der Waals surface area contributed by atoms with Crippen molar-refractivity contribution in [3.05, 3.63) is 223 Å². The summed E-state index contributed by atoms with van der Waals surface area (Å²) in [5, 5.41) is 10.0. The van der Waals surface area contributed by atoms with Gasteiger partial charge in [0.15, 0.2) is 0 Å². The van der Waals surface area contributed by atoms with Crippen LogP contribution in [0.25, 0.3) is 76.5 Å². The molecule has 0 spiro atoms. The first-order valence-corrected chi connectivity index (χ1v) is 20.7. The van der Waals surface area contributed by atoms with E-state index in [2.05, 4.69) is 203 Å². The number of hydrogen-bond acceptors (Lipinski definition) is 1. The molecule has 0 saturated carbocycles. The fourth-order valence-corrected chi connectivity index (χ4v) is 8.04.